The van der Waals surface area contributed by atoms with Crippen molar-refractivity contribution in [1.29, 1.82) is 0 Å². The van der Waals surface area contributed by atoms with Gasteiger partial charge in [0.1, 0.15) is 0 Å². The normalized spacial score (nSPS) is 29.8. The number of hydrogen-bond acceptors (Lipinski definition) is 5. The smallest absolute Gasteiger partial charge is 0.310 e. The maximum Gasteiger partial charge on any atom is 0.310 e. The summed E-state index contributed by atoms with van der Waals surface area (Å²) in [6.07, 6.45) is 0.860. The van der Waals surface area contributed by atoms with Crippen LogP contribution in [0, 0.1) is 11.8 Å². The molecule has 4 rings (SSSR count). The van der Waals surface area contributed by atoms with Gasteiger partial charge < -0.3 is 15.2 Å². The Morgan fingerprint density at radius 2 is 2.05 bits per heavy atom. The first-order valence-corrected chi connectivity index (χ1v) is 8.04. The van der Waals surface area contributed by atoms with Crippen LogP contribution in [0.4, 0.5) is 5.69 Å². The molecule has 7 heteroatoms. The Morgan fingerprint density at radius 1 is 1.27 bits per heavy atom. The molecule has 2 aliphatic rings. The van der Waals surface area contributed by atoms with Crippen LogP contribution in [-0.2, 0) is 14.3 Å². The van der Waals surface area contributed by atoms with Crippen molar-refractivity contribution in [3.63, 3.8) is 0 Å². The zero-order valence-corrected chi connectivity index (χ0v) is 12.4. The molecule has 0 aliphatic carbocycles. The molecule has 6 nitrogen and oxygen atoms in total. The molecule has 0 radical (unpaired) electrons. The van der Waals surface area contributed by atoms with Crippen LogP contribution in [0.3, 0.4) is 0 Å². The molecule has 2 N–H and O–H groups in total. The number of nitrogens with one attached hydrogen (secondary N) is 1. The summed E-state index contributed by atoms with van der Waals surface area (Å²) in [7, 11) is 0. The average Bonchev–Trinajstić information content (AvgIpc) is 3.20. The van der Waals surface area contributed by atoms with E-state index in [1.54, 1.807) is 11.6 Å². The zero-order valence-electron chi connectivity index (χ0n) is 11.6. The molecule has 2 aromatic rings. The van der Waals surface area contributed by atoms with Crippen molar-refractivity contribution in [2.45, 2.75) is 25.0 Å². The first-order valence-electron chi connectivity index (χ1n) is 7.16. The van der Waals surface area contributed by atoms with Gasteiger partial charge in [-0.15, -0.1) is 11.3 Å². The van der Waals surface area contributed by atoms with Gasteiger partial charge in [0.15, 0.2) is 0 Å². The fourth-order valence-electron chi connectivity index (χ4n) is 3.48. The van der Waals surface area contributed by atoms with E-state index in [1.807, 2.05) is 12.1 Å². The largest absolute Gasteiger partial charge is 0.481 e. The number of hydrogen-bond donors (Lipinski definition) is 2. The maximum atomic E-state index is 12.5. The summed E-state index contributed by atoms with van der Waals surface area (Å²) in [5.74, 6) is -2.59. The number of carbonyl (C=O) groups excluding carboxylic acids is 1. The Labute approximate surface area is 130 Å². The van der Waals surface area contributed by atoms with E-state index in [0.29, 0.717) is 5.69 Å². The Kier molecular flexibility index (Phi) is 3.12. The quantitative estimate of drug-likeness (QED) is 0.905. The van der Waals surface area contributed by atoms with Crippen molar-refractivity contribution in [1.82, 2.24) is 4.98 Å². The molecule has 2 fully saturated rings. The number of carboxylic acids is 1. The first kappa shape index (κ1) is 13.7. The van der Waals surface area contributed by atoms with Crippen LogP contribution >= 0.6 is 11.3 Å². The Balaban J connectivity index is 1.57. The number of carbonyl (C=O) groups is 2. The number of thiazole rings is 1. The number of carboxylic acid groups (broad SMARTS) is 1. The lowest BCUT2D eigenvalue weighted by atomic mass is 9.78. The standard InChI is InChI=1S/C15H14N2O4S/c18-14(12-9-3-4-10(21-9)13(12)15(19)20)17-7-1-2-8-11(5-7)22-6-16-8/h1-2,5-6,9-10,12-13H,3-4H2,(H,17,18)(H,19,20)/t9-,10+,12?,13?/m1/s1. The molecule has 2 bridgehead atoms. The zero-order chi connectivity index (χ0) is 15.3. The summed E-state index contributed by atoms with van der Waals surface area (Å²) in [5.41, 5.74) is 3.30. The second-order valence-electron chi connectivity index (χ2n) is 5.70. The fraction of sp³-hybridized carbons (Fsp3) is 0.400. The number of rotatable bonds is 3. The molecule has 4 atom stereocenters. The molecule has 1 aromatic carbocycles. The molecule has 2 saturated heterocycles. The fourth-order valence-corrected chi connectivity index (χ4v) is 4.20. The summed E-state index contributed by atoms with van der Waals surface area (Å²) in [6, 6.07) is 5.48. The highest BCUT2D eigenvalue weighted by molar-refractivity contribution is 7.16. The van der Waals surface area contributed by atoms with E-state index >= 15 is 0 Å². The molecule has 114 valence electrons. The van der Waals surface area contributed by atoms with Crippen LogP contribution in [0.5, 0.6) is 0 Å². The summed E-state index contributed by atoms with van der Waals surface area (Å²) >= 11 is 1.50. The number of ether oxygens (including phenoxy) is 1. The second kappa shape index (κ2) is 5.03. The highest BCUT2D eigenvalue weighted by atomic mass is 32.1. The van der Waals surface area contributed by atoms with Gasteiger partial charge >= 0.3 is 5.97 Å². The van der Waals surface area contributed by atoms with Crippen molar-refractivity contribution in [2.24, 2.45) is 11.8 Å². The summed E-state index contributed by atoms with van der Waals surface area (Å²) in [4.78, 5) is 28.2. The van der Waals surface area contributed by atoms with Gasteiger partial charge in [-0.1, -0.05) is 0 Å². The van der Waals surface area contributed by atoms with E-state index in [4.69, 9.17) is 4.74 Å². The number of amides is 1. The Morgan fingerprint density at radius 3 is 2.82 bits per heavy atom. The predicted molar refractivity (Wildman–Crippen MR) is 80.8 cm³/mol. The monoisotopic (exact) mass is 318 g/mol. The van der Waals surface area contributed by atoms with Gasteiger partial charge in [0.2, 0.25) is 5.91 Å². The minimum atomic E-state index is -0.953. The van der Waals surface area contributed by atoms with Crippen LogP contribution in [0.15, 0.2) is 23.7 Å². The molecule has 1 amide bonds. The average molecular weight is 318 g/mol. The van der Waals surface area contributed by atoms with Gasteiger partial charge in [0.25, 0.3) is 0 Å². The number of fused-ring (bicyclic) bond motifs is 3. The van der Waals surface area contributed by atoms with E-state index in [0.717, 1.165) is 23.1 Å². The van der Waals surface area contributed by atoms with Crippen LogP contribution in [0.2, 0.25) is 0 Å². The molecule has 0 saturated carbocycles. The SMILES string of the molecule is O=C(O)C1C(C(=O)Nc2ccc3ncsc3c2)[C@H]2CC[C@@H]1O2. The maximum absolute atomic E-state index is 12.5. The first-order chi connectivity index (χ1) is 10.6. The molecule has 22 heavy (non-hydrogen) atoms. The van der Waals surface area contributed by atoms with Gasteiger partial charge in [0.05, 0.1) is 39.8 Å². The number of nitrogens with zero attached hydrogens (tertiary/aromatic N) is 1. The Hall–Kier alpha value is -1.99. The highest BCUT2D eigenvalue weighted by Gasteiger charge is 2.55. The third-order valence-corrected chi connectivity index (χ3v) is 5.25. The van der Waals surface area contributed by atoms with Crippen LogP contribution in [0.25, 0.3) is 10.2 Å². The Bertz CT molecular complexity index is 759. The van der Waals surface area contributed by atoms with E-state index in [1.165, 1.54) is 11.3 Å². The topological polar surface area (TPSA) is 88.5 Å². The molecular weight excluding hydrogens is 304 g/mol. The van der Waals surface area contributed by atoms with Gasteiger partial charge in [-0.05, 0) is 31.0 Å². The van der Waals surface area contributed by atoms with Crippen molar-refractivity contribution < 1.29 is 19.4 Å². The van der Waals surface area contributed by atoms with Crippen LogP contribution in [0.1, 0.15) is 12.8 Å². The minimum absolute atomic E-state index is 0.275. The van der Waals surface area contributed by atoms with Crippen LogP contribution < -0.4 is 5.32 Å². The summed E-state index contributed by atoms with van der Waals surface area (Å²) < 4.78 is 6.61. The lowest BCUT2D eigenvalue weighted by molar-refractivity contribution is -0.147. The molecular formula is C15H14N2O4S. The number of aromatic nitrogens is 1. The van der Waals surface area contributed by atoms with E-state index in [2.05, 4.69) is 10.3 Å². The third-order valence-electron chi connectivity index (χ3n) is 4.46. The predicted octanol–water partition coefficient (Wildman–Crippen LogP) is 2.11. The van der Waals surface area contributed by atoms with Crippen molar-refractivity contribution in [3.05, 3.63) is 23.7 Å². The highest BCUT2D eigenvalue weighted by Crippen LogP contribution is 2.44. The minimum Gasteiger partial charge on any atom is -0.481 e. The van der Waals surface area contributed by atoms with E-state index in [-0.39, 0.29) is 18.1 Å². The molecule has 0 spiro atoms. The second-order valence-corrected chi connectivity index (χ2v) is 6.59. The molecule has 1 aromatic heterocycles. The van der Waals surface area contributed by atoms with Gasteiger partial charge in [-0.3, -0.25) is 9.59 Å². The van der Waals surface area contributed by atoms with Crippen LogP contribution in [-0.4, -0.2) is 34.2 Å². The number of aliphatic carboxylic acids is 1. The molecule has 2 aliphatic heterocycles. The molecule has 2 unspecified atom stereocenters. The lowest BCUT2D eigenvalue weighted by Gasteiger charge is -2.23. The van der Waals surface area contributed by atoms with E-state index < -0.39 is 17.8 Å². The van der Waals surface area contributed by atoms with Crippen molar-refractivity contribution in [3.8, 4) is 0 Å². The van der Waals surface area contributed by atoms with Gasteiger partial charge in [-0.2, -0.15) is 0 Å². The van der Waals surface area contributed by atoms with E-state index in [9.17, 15) is 14.7 Å². The summed E-state index contributed by atoms with van der Waals surface area (Å²) in [6.45, 7) is 0. The van der Waals surface area contributed by atoms with Gasteiger partial charge in [-0.25, -0.2) is 4.98 Å². The van der Waals surface area contributed by atoms with Crippen molar-refractivity contribution >= 4 is 39.1 Å². The molecule has 3 heterocycles. The third kappa shape index (κ3) is 2.08. The van der Waals surface area contributed by atoms with Crippen molar-refractivity contribution in [2.75, 3.05) is 5.32 Å². The number of anilines is 1. The summed E-state index contributed by atoms with van der Waals surface area (Å²) in [5, 5.41) is 12.2. The van der Waals surface area contributed by atoms with Gasteiger partial charge in [0, 0.05) is 5.69 Å². The lowest BCUT2D eigenvalue weighted by Crippen LogP contribution is -2.40. The number of benzene rings is 1.